The largest absolute Gasteiger partial charge is 0.480 e. The van der Waals surface area contributed by atoms with Gasteiger partial charge in [0.15, 0.2) is 0 Å². The molecule has 0 aromatic carbocycles. The number of amides is 2. The molecule has 0 saturated heterocycles. The van der Waals surface area contributed by atoms with Crippen molar-refractivity contribution in [2.75, 3.05) is 5.32 Å². The molecule has 1 saturated carbocycles. The van der Waals surface area contributed by atoms with E-state index in [0.29, 0.717) is 18.0 Å². The van der Waals surface area contributed by atoms with Crippen LogP contribution in [0.2, 0.25) is 0 Å². The Morgan fingerprint density at radius 1 is 1.30 bits per heavy atom. The highest BCUT2D eigenvalue weighted by molar-refractivity contribution is 7.15. The van der Waals surface area contributed by atoms with Crippen LogP contribution in [0, 0.1) is 0 Å². The number of carbonyl (C=O) groups is 2. The van der Waals surface area contributed by atoms with Crippen LogP contribution in [0.15, 0.2) is 0 Å². The fourth-order valence-corrected chi connectivity index (χ4v) is 3.01. The smallest absolute Gasteiger partial charge is 0.329 e. The molecule has 7 nitrogen and oxygen atoms in total. The molecule has 8 heteroatoms. The minimum absolute atomic E-state index is 0.385. The van der Waals surface area contributed by atoms with Crippen molar-refractivity contribution in [1.29, 1.82) is 0 Å². The maximum atomic E-state index is 11.9. The molecular formula is C12H18N4O3S. The number of carboxylic acid groups (broad SMARTS) is 1. The maximum Gasteiger partial charge on any atom is 0.329 e. The molecule has 20 heavy (non-hydrogen) atoms. The van der Waals surface area contributed by atoms with Crippen LogP contribution in [0.5, 0.6) is 0 Å². The second-order valence-corrected chi connectivity index (χ2v) is 5.94. The number of carboxylic acids is 1. The first-order valence-corrected chi connectivity index (χ1v) is 7.52. The summed E-state index contributed by atoms with van der Waals surface area (Å²) in [5, 5.41) is 23.5. The minimum Gasteiger partial charge on any atom is -0.480 e. The third-order valence-corrected chi connectivity index (χ3v) is 4.44. The lowest BCUT2D eigenvalue weighted by molar-refractivity contribution is -0.145. The number of hydrogen-bond donors (Lipinski definition) is 3. The predicted octanol–water partition coefficient (Wildman–Crippen LogP) is 2.01. The summed E-state index contributed by atoms with van der Waals surface area (Å²) in [7, 11) is 0. The van der Waals surface area contributed by atoms with E-state index in [1.54, 1.807) is 0 Å². The van der Waals surface area contributed by atoms with E-state index in [0.717, 1.165) is 30.7 Å². The van der Waals surface area contributed by atoms with Crippen LogP contribution in [0.25, 0.3) is 0 Å². The molecule has 1 aliphatic carbocycles. The molecule has 1 aliphatic rings. The third kappa shape index (κ3) is 3.24. The molecule has 0 bridgehead atoms. The van der Waals surface area contributed by atoms with Gasteiger partial charge < -0.3 is 10.4 Å². The van der Waals surface area contributed by atoms with Crippen molar-refractivity contribution in [2.45, 2.75) is 51.0 Å². The topological polar surface area (TPSA) is 104 Å². The fourth-order valence-electron chi connectivity index (χ4n) is 2.34. The van der Waals surface area contributed by atoms with Gasteiger partial charge in [-0.25, -0.2) is 9.59 Å². The molecule has 2 rings (SSSR count). The molecule has 0 spiro atoms. The van der Waals surface area contributed by atoms with Crippen molar-refractivity contribution in [1.82, 2.24) is 15.5 Å². The molecule has 1 heterocycles. The number of aromatic nitrogens is 2. The van der Waals surface area contributed by atoms with Crippen molar-refractivity contribution in [3.05, 3.63) is 5.01 Å². The number of nitrogens with zero attached hydrogens (tertiary/aromatic N) is 2. The van der Waals surface area contributed by atoms with Crippen molar-refractivity contribution < 1.29 is 14.7 Å². The van der Waals surface area contributed by atoms with Crippen molar-refractivity contribution in [3.8, 4) is 0 Å². The van der Waals surface area contributed by atoms with E-state index in [1.807, 2.05) is 6.92 Å². The normalized spacial score (nSPS) is 17.4. The number of carbonyl (C=O) groups excluding carboxylic acids is 1. The number of aliphatic carboxylic acids is 1. The Balaban J connectivity index is 1.99. The Hall–Kier alpha value is -1.70. The number of rotatable bonds is 4. The van der Waals surface area contributed by atoms with Gasteiger partial charge in [-0.15, -0.1) is 10.2 Å². The van der Waals surface area contributed by atoms with Crippen LogP contribution in [-0.4, -0.2) is 32.8 Å². The van der Waals surface area contributed by atoms with Gasteiger partial charge in [-0.1, -0.05) is 37.5 Å². The van der Waals surface area contributed by atoms with Gasteiger partial charge in [-0.3, -0.25) is 5.32 Å². The zero-order chi connectivity index (χ0) is 14.6. The number of urea groups is 1. The first-order chi connectivity index (χ1) is 9.55. The second kappa shape index (κ2) is 6.17. The van der Waals surface area contributed by atoms with E-state index >= 15 is 0 Å². The Kier molecular flexibility index (Phi) is 4.53. The van der Waals surface area contributed by atoms with E-state index in [9.17, 15) is 14.7 Å². The van der Waals surface area contributed by atoms with E-state index in [4.69, 9.17) is 0 Å². The molecule has 0 radical (unpaired) electrons. The molecule has 3 N–H and O–H groups in total. The Morgan fingerprint density at radius 2 is 2.00 bits per heavy atom. The zero-order valence-corrected chi connectivity index (χ0v) is 12.1. The highest BCUT2D eigenvalue weighted by Crippen LogP contribution is 2.28. The summed E-state index contributed by atoms with van der Waals surface area (Å²) in [5.41, 5.74) is -1.15. The summed E-state index contributed by atoms with van der Waals surface area (Å²) in [6.45, 7) is 1.95. The molecule has 1 aromatic heterocycles. The molecule has 0 unspecified atom stereocenters. The van der Waals surface area contributed by atoms with Crippen LogP contribution >= 0.6 is 11.3 Å². The highest BCUT2D eigenvalue weighted by Gasteiger charge is 2.41. The molecule has 0 aliphatic heterocycles. The van der Waals surface area contributed by atoms with Gasteiger partial charge >= 0.3 is 12.0 Å². The Labute approximate surface area is 120 Å². The van der Waals surface area contributed by atoms with E-state index in [2.05, 4.69) is 20.8 Å². The van der Waals surface area contributed by atoms with Gasteiger partial charge in [0.1, 0.15) is 10.5 Å². The average molecular weight is 298 g/mol. The standard InChI is InChI=1S/C12H18N4O3S/c1-2-8-15-16-11(20-8)13-10(19)14-12(9(17)18)6-4-3-5-7-12/h2-7H2,1H3,(H,17,18)(H2,13,14,16,19). The van der Waals surface area contributed by atoms with Crippen molar-refractivity contribution in [2.24, 2.45) is 0 Å². The van der Waals surface area contributed by atoms with Gasteiger partial charge in [0.25, 0.3) is 0 Å². The fraction of sp³-hybridized carbons (Fsp3) is 0.667. The predicted molar refractivity (Wildman–Crippen MR) is 74.9 cm³/mol. The average Bonchev–Trinajstić information content (AvgIpc) is 2.87. The molecule has 2 amide bonds. The lowest BCUT2D eigenvalue weighted by atomic mass is 9.82. The quantitative estimate of drug-likeness (QED) is 0.788. The van der Waals surface area contributed by atoms with Crippen molar-refractivity contribution in [3.63, 3.8) is 0 Å². The summed E-state index contributed by atoms with van der Waals surface area (Å²) in [6.07, 6.45) is 4.31. The van der Waals surface area contributed by atoms with Crippen molar-refractivity contribution >= 4 is 28.5 Å². The first kappa shape index (κ1) is 14.7. The van der Waals surface area contributed by atoms with Gasteiger partial charge in [-0.05, 0) is 19.3 Å². The van der Waals surface area contributed by atoms with Gasteiger partial charge in [0, 0.05) is 0 Å². The van der Waals surface area contributed by atoms with Gasteiger partial charge in [-0.2, -0.15) is 0 Å². The lowest BCUT2D eigenvalue weighted by Crippen LogP contribution is -2.56. The number of hydrogen-bond acceptors (Lipinski definition) is 5. The highest BCUT2D eigenvalue weighted by atomic mass is 32.1. The summed E-state index contributed by atoms with van der Waals surface area (Å²) < 4.78 is 0. The van der Waals surface area contributed by atoms with Crippen LogP contribution < -0.4 is 10.6 Å². The SMILES string of the molecule is CCc1nnc(NC(=O)NC2(C(=O)O)CCCCC2)s1. The van der Waals surface area contributed by atoms with Gasteiger partial charge in [0.05, 0.1) is 0 Å². The maximum absolute atomic E-state index is 11.9. The third-order valence-electron chi connectivity index (χ3n) is 3.46. The van der Waals surface area contributed by atoms with Crippen LogP contribution in [0.4, 0.5) is 9.93 Å². The minimum atomic E-state index is -1.15. The van der Waals surface area contributed by atoms with E-state index in [1.165, 1.54) is 11.3 Å². The van der Waals surface area contributed by atoms with Crippen LogP contribution in [0.3, 0.4) is 0 Å². The summed E-state index contributed by atoms with van der Waals surface area (Å²) in [5.74, 6) is -0.973. The number of nitrogens with one attached hydrogen (secondary N) is 2. The van der Waals surface area contributed by atoms with Gasteiger partial charge in [0.2, 0.25) is 5.13 Å². The summed E-state index contributed by atoms with van der Waals surface area (Å²) in [6, 6.07) is -0.534. The zero-order valence-electron chi connectivity index (χ0n) is 11.3. The lowest BCUT2D eigenvalue weighted by Gasteiger charge is -2.33. The molecule has 0 atom stereocenters. The second-order valence-electron chi connectivity index (χ2n) is 4.88. The molecule has 1 aromatic rings. The molecule has 1 fully saturated rings. The summed E-state index contributed by atoms with van der Waals surface area (Å²) >= 11 is 1.29. The summed E-state index contributed by atoms with van der Waals surface area (Å²) in [4.78, 5) is 23.4. The first-order valence-electron chi connectivity index (χ1n) is 6.71. The number of anilines is 1. The van der Waals surface area contributed by atoms with E-state index < -0.39 is 17.5 Å². The van der Waals surface area contributed by atoms with Crippen LogP contribution in [0.1, 0.15) is 44.0 Å². The Morgan fingerprint density at radius 3 is 2.55 bits per heavy atom. The monoisotopic (exact) mass is 298 g/mol. The van der Waals surface area contributed by atoms with Crippen LogP contribution in [-0.2, 0) is 11.2 Å². The molecule has 110 valence electrons. The molecular weight excluding hydrogens is 280 g/mol. The van der Waals surface area contributed by atoms with E-state index in [-0.39, 0.29) is 0 Å². The number of aryl methyl sites for hydroxylation is 1. The Bertz CT molecular complexity index is 497.